The van der Waals surface area contributed by atoms with Crippen molar-refractivity contribution >= 4 is 17.6 Å². The summed E-state index contributed by atoms with van der Waals surface area (Å²) in [5.41, 5.74) is -0.0166. The zero-order chi connectivity index (χ0) is 12.4. The molecule has 1 saturated carbocycles. The summed E-state index contributed by atoms with van der Waals surface area (Å²) in [5.74, 6) is 0.0815. The van der Waals surface area contributed by atoms with E-state index in [-0.39, 0.29) is 17.5 Å². The average Bonchev–Trinajstić information content (AvgIpc) is 2.15. The number of ether oxygens (including phenoxy) is 1. The van der Waals surface area contributed by atoms with Crippen molar-refractivity contribution in [1.82, 2.24) is 0 Å². The average molecular weight is 247 g/mol. The predicted molar refractivity (Wildman–Crippen MR) is 66.6 cm³/mol. The van der Waals surface area contributed by atoms with E-state index in [1.807, 2.05) is 13.8 Å². The summed E-state index contributed by atoms with van der Waals surface area (Å²) in [7, 11) is 0. The van der Waals surface area contributed by atoms with Crippen molar-refractivity contribution in [2.45, 2.75) is 59.0 Å². The second-order valence-electron chi connectivity index (χ2n) is 6.17. The van der Waals surface area contributed by atoms with Crippen LogP contribution < -0.4 is 0 Å². The monoisotopic (exact) mass is 246 g/mol. The number of halogens is 1. The van der Waals surface area contributed by atoms with Gasteiger partial charge in [0.25, 0.3) is 0 Å². The summed E-state index contributed by atoms with van der Waals surface area (Å²) >= 11 is 5.48. The van der Waals surface area contributed by atoms with Gasteiger partial charge in [0.15, 0.2) is 0 Å². The molecule has 3 heteroatoms. The number of carbonyl (C=O) groups is 1. The zero-order valence-electron chi connectivity index (χ0n) is 10.8. The van der Waals surface area contributed by atoms with Crippen LogP contribution in [-0.4, -0.2) is 17.5 Å². The Balaban J connectivity index is 2.64. The van der Waals surface area contributed by atoms with Crippen molar-refractivity contribution in [1.29, 1.82) is 0 Å². The van der Waals surface area contributed by atoms with Crippen molar-refractivity contribution in [3.8, 4) is 0 Å². The van der Waals surface area contributed by atoms with Crippen LogP contribution in [0.5, 0.6) is 0 Å². The molecule has 0 heterocycles. The highest BCUT2D eigenvalue weighted by Gasteiger charge is 2.39. The first-order valence-electron chi connectivity index (χ1n) is 6.05. The van der Waals surface area contributed by atoms with Gasteiger partial charge in [-0.25, -0.2) is 0 Å². The number of hydrogen-bond donors (Lipinski definition) is 0. The van der Waals surface area contributed by atoms with Crippen LogP contribution in [0.4, 0.5) is 0 Å². The number of esters is 1. The van der Waals surface area contributed by atoms with Gasteiger partial charge >= 0.3 is 5.97 Å². The zero-order valence-corrected chi connectivity index (χ0v) is 11.6. The van der Waals surface area contributed by atoms with Gasteiger partial charge in [-0.05, 0) is 44.4 Å². The molecule has 1 fully saturated rings. The summed E-state index contributed by atoms with van der Waals surface area (Å²) in [6, 6.07) is 0. The van der Waals surface area contributed by atoms with Crippen molar-refractivity contribution in [2.24, 2.45) is 11.3 Å². The Morgan fingerprint density at radius 1 is 1.50 bits per heavy atom. The molecule has 0 aromatic carbocycles. The van der Waals surface area contributed by atoms with Gasteiger partial charge in [-0.3, -0.25) is 4.79 Å². The molecule has 1 atom stereocenters. The highest BCUT2D eigenvalue weighted by molar-refractivity contribution is 6.26. The van der Waals surface area contributed by atoms with E-state index in [0.29, 0.717) is 11.3 Å². The molecule has 0 bridgehead atoms. The molecule has 0 N–H and O–H groups in total. The topological polar surface area (TPSA) is 26.3 Å². The van der Waals surface area contributed by atoms with Gasteiger partial charge in [-0.15, -0.1) is 11.6 Å². The standard InChI is InChI=1S/C13H23ClO2/c1-12(2)7-5-6-10(8-12)13(3,4)16-11(15)9-14/h10H,5-9H2,1-4H3. The maximum Gasteiger partial charge on any atom is 0.321 e. The largest absolute Gasteiger partial charge is 0.458 e. The minimum atomic E-state index is -0.385. The fourth-order valence-electron chi connectivity index (χ4n) is 2.70. The fourth-order valence-corrected chi connectivity index (χ4v) is 2.75. The van der Waals surface area contributed by atoms with Gasteiger partial charge in [0.05, 0.1) is 0 Å². The van der Waals surface area contributed by atoms with Gasteiger partial charge in [0.2, 0.25) is 0 Å². The molecule has 94 valence electrons. The lowest BCUT2D eigenvalue weighted by Crippen LogP contribution is -2.41. The first kappa shape index (κ1) is 13.8. The molecule has 0 aliphatic heterocycles. The van der Waals surface area contributed by atoms with Crippen LogP contribution in [0.15, 0.2) is 0 Å². The van der Waals surface area contributed by atoms with E-state index in [0.717, 1.165) is 12.8 Å². The number of carbonyl (C=O) groups excluding carboxylic acids is 1. The fraction of sp³-hybridized carbons (Fsp3) is 0.923. The van der Waals surface area contributed by atoms with E-state index in [2.05, 4.69) is 13.8 Å². The van der Waals surface area contributed by atoms with E-state index < -0.39 is 0 Å². The minimum absolute atomic E-state index is 0.0560. The molecule has 0 amide bonds. The normalized spacial score (nSPS) is 25.2. The summed E-state index contributed by atoms with van der Waals surface area (Å²) in [4.78, 5) is 11.3. The summed E-state index contributed by atoms with van der Waals surface area (Å²) in [5, 5.41) is 0. The van der Waals surface area contributed by atoms with E-state index in [9.17, 15) is 4.79 Å². The molecule has 0 saturated heterocycles. The minimum Gasteiger partial charge on any atom is -0.458 e. The maximum absolute atomic E-state index is 11.3. The molecule has 1 aliphatic rings. The lowest BCUT2D eigenvalue weighted by atomic mass is 9.67. The third-order valence-electron chi connectivity index (χ3n) is 3.67. The van der Waals surface area contributed by atoms with Gasteiger partial charge in [0, 0.05) is 0 Å². The Hall–Kier alpha value is -0.240. The molecule has 1 unspecified atom stereocenters. The predicted octanol–water partition coefficient (Wildman–Crippen LogP) is 3.76. The van der Waals surface area contributed by atoms with E-state index in [1.54, 1.807) is 0 Å². The van der Waals surface area contributed by atoms with Crippen LogP contribution in [0.1, 0.15) is 53.4 Å². The van der Waals surface area contributed by atoms with Crippen LogP contribution in [0, 0.1) is 11.3 Å². The molecule has 0 radical (unpaired) electrons. The maximum atomic E-state index is 11.3. The van der Waals surface area contributed by atoms with E-state index in [4.69, 9.17) is 16.3 Å². The quantitative estimate of drug-likeness (QED) is 0.560. The SMILES string of the molecule is CC1(C)CCCC(C(C)(C)OC(=O)CCl)C1. The lowest BCUT2D eigenvalue weighted by Gasteiger charge is -2.42. The second kappa shape index (κ2) is 4.95. The number of alkyl halides is 1. The molecule has 2 nitrogen and oxygen atoms in total. The highest BCUT2D eigenvalue weighted by atomic mass is 35.5. The van der Waals surface area contributed by atoms with E-state index >= 15 is 0 Å². The summed E-state index contributed by atoms with van der Waals surface area (Å²) in [6.45, 7) is 8.59. The smallest absolute Gasteiger partial charge is 0.321 e. The second-order valence-corrected chi connectivity index (χ2v) is 6.44. The Labute approximate surface area is 104 Å². The molecular weight excluding hydrogens is 224 g/mol. The van der Waals surface area contributed by atoms with Crippen LogP contribution in [0.3, 0.4) is 0 Å². The van der Waals surface area contributed by atoms with Crippen LogP contribution in [0.25, 0.3) is 0 Å². The summed E-state index contributed by atoms with van der Waals surface area (Å²) < 4.78 is 5.45. The van der Waals surface area contributed by atoms with Crippen molar-refractivity contribution in [2.75, 3.05) is 5.88 Å². The Kier molecular flexibility index (Phi) is 4.28. The lowest BCUT2D eigenvalue weighted by molar-refractivity contribution is -0.161. The van der Waals surface area contributed by atoms with Gasteiger partial charge in [0.1, 0.15) is 11.5 Å². The third-order valence-corrected chi connectivity index (χ3v) is 3.89. The van der Waals surface area contributed by atoms with Gasteiger partial charge < -0.3 is 4.74 Å². The van der Waals surface area contributed by atoms with Gasteiger partial charge in [-0.1, -0.05) is 20.3 Å². The molecule has 1 aliphatic carbocycles. The van der Waals surface area contributed by atoms with Crippen LogP contribution in [0.2, 0.25) is 0 Å². The van der Waals surface area contributed by atoms with Crippen LogP contribution in [-0.2, 0) is 9.53 Å². The van der Waals surface area contributed by atoms with Crippen molar-refractivity contribution in [3.63, 3.8) is 0 Å². The Morgan fingerprint density at radius 2 is 2.12 bits per heavy atom. The summed E-state index contributed by atoms with van der Waals surface area (Å²) in [6.07, 6.45) is 4.75. The van der Waals surface area contributed by atoms with E-state index in [1.165, 1.54) is 12.8 Å². The van der Waals surface area contributed by atoms with Crippen molar-refractivity contribution < 1.29 is 9.53 Å². The molecule has 16 heavy (non-hydrogen) atoms. The Morgan fingerprint density at radius 3 is 2.62 bits per heavy atom. The number of rotatable bonds is 3. The molecule has 0 spiro atoms. The first-order chi connectivity index (χ1) is 7.27. The number of hydrogen-bond acceptors (Lipinski definition) is 2. The highest BCUT2D eigenvalue weighted by Crippen LogP contribution is 2.43. The first-order valence-corrected chi connectivity index (χ1v) is 6.58. The van der Waals surface area contributed by atoms with Crippen LogP contribution >= 0.6 is 11.6 Å². The molecule has 0 aromatic rings. The Bertz CT molecular complexity index is 259. The molecule has 0 aromatic heterocycles. The van der Waals surface area contributed by atoms with Crippen molar-refractivity contribution in [3.05, 3.63) is 0 Å². The molecule has 1 rings (SSSR count). The van der Waals surface area contributed by atoms with Gasteiger partial charge in [-0.2, -0.15) is 0 Å². The third kappa shape index (κ3) is 3.65. The molecular formula is C13H23ClO2.